The lowest BCUT2D eigenvalue weighted by molar-refractivity contribution is -0.138. The van der Waals surface area contributed by atoms with Gasteiger partial charge >= 0.3 is 12.1 Å². The molecule has 0 spiro atoms. The number of ether oxygens (including phenoxy) is 3. The Labute approximate surface area is 325 Å². The van der Waals surface area contributed by atoms with E-state index in [0.29, 0.717) is 66.2 Å². The van der Waals surface area contributed by atoms with Crippen molar-refractivity contribution >= 4 is 63.8 Å². The summed E-state index contributed by atoms with van der Waals surface area (Å²) in [6, 6.07) is 24.0. The molecule has 6 rings (SSSR count). The summed E-state index contributed by atoms with van der Waals surface area (Å²) in [5.41, 5.74) is 12.2. The van der Waals surface area contributed by atoms with E-state index in [1.165, 1.54) is 33.4 Å². The van der Waals surface area contributed by atoms with Crippen molar-refractivity contribution < 1.29 is 23.8 Å². The quantitative estimate of drug-likeness (QED) is 0.0264. The van der Waals surface area contributed by atoms with Crippen molar-refractivity contribution in [3.05, 3.63) is 118 Å². The summed E-state index contributed by atoms with van der Waals surface area (Å²) in [6.07, 6.45) is 4.64. The van der Waals surface area contributed by atoms with E-state index in [4.69, 9.17) is 43.9 Å². The zero-order valence-corrected chi connectivity index (χ0v) is 31.4. The summed E-state index contributed by atoms with van der Waals surface area (Å²) >= 11 is 11.0. The van der Waals surface area contributed by atoms with Gasteiger partial charge in [-0.1, -0.05) is 30.8 Å². The van der Waals surface area contributed by atoms with Gasteiger partial charge in [0.2, 0.25) is 0 Å². The van der Waals surface area contributed by atoms with Gasteiger partial charge in [0.1, 0.15) is 5.75 Å². The molecule has 0 unspecified atom stereocenters. The van der Waals surface area contributed by atoms with Crippen molar-refractivity contribution in [2.45, 2.75) is 39.0 Å². The summed E-state index contributed by atoms with van der Waals surface area (Å²) in [7, 11) is 0. The third-order valence-corrected chi connectivity index (χ3v) is 9.47. The number of benzene rings is 4. The summed E-state index contributed by atoms with van der Waals surface area (Å²) in [5.74, 6) is 0.133. The fourth-order valence-corrected chi connectivity index (χ4v) is 6.82. The number of rotatable bonds is 13. The highest BCUT2D eigenvalue weighted by atomic mass is 32.1. The van der Waals surface area contributed by atoms with Gasteiger partial charge in [0.25, 0.3) is 6.26 Å². The molecule has 54 heavy (non-hydrogen) atoms. The van der Waals surface area contributed by atoms with Gasteiger partial charge in [0.05, 0.1) is 13.2 Å². The first-order valence-electron chi connectivity index (χ1n) is 17.6. The fraction of sp³-hybridized carbons (Fsp3) is 0.244. The number of fused-ring (bicyclic) bond motifs is 5. The normalized spacial score (nSPS) is 11.6. The van der Waals surface area contributed by atoms with Gasteiger partial charge in [0.15, 0.2) is 10.2 Å². The standard InChI is InChI=1S/C41H40N6O5S2/c1-25(2)38(48)50-15-3-13-43-39(53)45-32-8-11-36-30(21-32)19-31-22-33(9-12-37(31)36)46-40(54)44-14-4-16-51-41(49)47-34-7-5-26-17-27-6-10-35(52-24-42)23-29(27)18-28(26)20-34/h5-12,20-23H,1,3-4,13-19H2,2H3,(H,47,49)(H2,43,45,53)(H2,44,46,54). The lowest BCUT2D eigenvalue weighted by atomic mass is 9.86. The number of hydrogen-bond donors (Lipinski definition) is 5. The van der Waals surface area contributed by atoms with E-state index >= 15 is 0 Å². The molecule has 0 heterocycles. The van der Waals surface area contributed by atoms with Gasteiger partial charge in [-0.3, -0.25) is 5.32 Å². The lowest BCUT2D eigenvalue weighted by Crippen LogP contribution is -2.30. The number of anilines is 3. The van der Waals surface area contributed by atoms with Gasteiger partial charge in [0, 0.05) is 35.7 Å². The van der Waals surface area contributed by atoms with E-state index in [1.807, 2.05) is 42.5 Å². The largest absolute Gasteiger partial charge is 0.462 e. The number of hydrogen-bond acceptors (Lipinski definition) is 8. The third-order valence-electron chi connectivity index (χ3n) is 8.98. The maximum atomic E-state index is 12.5. The summed E-state index contributed by atoms with van der Waals surface area (Å²) in [6.45, 7) is 6.82. The lowest BCUT2D eigenvalue weighted by Gasteiger charge is -2.21. The Morgan fingerprint density at radius 3 is 1.80 bits per heavy atom. The first-order chi connectivity index (χ1) is 26.1. The first-order valence-corrected chi connectivity index (χ1v) is 18.4. The molecule has 5 N–H and O–H groups in total. The molecule has 11 nitrogen and oxygen atoms in total. The van der Waals surface area contributed by atoms with E-state index < -0.39 is 6.09 Å². The Hall–Kier alpha value is -5.97. The van der Waals surface area contributed by atoms with Crippen LogP contribution in [0.15, 0.2) is 84.9 Å². The van der Waals surface area contributed by atoms with Crippen LogP contribution in [0.3, 0.4) is 0 Å². The molecule has 2 aliphatic carbocycles. The van der Waals surface area contributed by atoms with Crippen molar-refractivity contribution in [1.29, 1.82) is 5.26 Å². The molecule has 4 aromatic rings. The minimum Gasteiger partial charge on any atom is -0.462 e. The molecule has 276 valence electrons. The topological polar surface area (TPSA) is 146 Å². The molecule has 4 aromatic carbocycles. The highest BCUT2D eigenvalue weighted by Crippen LogP contribution is 2.39. The van der Waals surface area contributed by atoms with E-state index in [-0.39, 0.29) is 12.6 Å². The molecule has 1 amide bonds. The van der Waals surface area contributed by atoms with Crippen LogP contribution in [0.5, 0.6) is 5.75 Å². The van der Waals surface area contributed by atoms with Crippen LogP contribution in [0.2, 0.25) is 0 Å². The molecular weight excluding hydrogens is 721 g/mol. The highest BCUT2D eigenvalue weighted by Gasteiger charge is 2.20. The van der Waals surface area contributed by atoms with E-state index in [9.17, 15) is 9.59 Å². The van der Waals surface area contributed by atoms with Crippen LogP contribution in [0.4, 0.5) is 21.9 Å². The number of carbonyl (C=O) groups is 2. The van der Waals surface area contributed by atoms with Crippen molar-refractivity contribution in [2.24, 2.45) is 0 Å². The Morgan fingerprint density at radius 2 is 1.19 bits per heavy atom. The summed E-state index contributed by atoms with van der Waals surface area (Å²) < 4.78 is 15.5. The molecule has 2 aliphatic rings. The minimum absolute atomic E-state index is 0.225. The van der Waals surface area contributed by atoms with Crippen LogP contribution in [-0.4, -0.2) is 48.6 Å². The smallest absolute Gasteiger partial charge is 0.411 e. The first kappa shape index (κ1) is 37.8. The Kier molecular flexibility index (Phi) is 12.4. The number of nitriles is 1. The Morgan fingerprint density at radius 1 is 0.685 bits per heavy atom. The molecule has 0 fully saturated rings. The Balaban J connectivity index is 0.884. The summed E-state index contributed by atoms with van der Waals surface area (Å²) in [5, 5.41) is 25.5. The van der Waals surface area contributed by atoms with Crippen molar-refractivity contribution in [1.82, 2.24) is 10.6 Å². The zero-order chi connectivity index (χ0) is 38.0. The average Bonchev–Trinajstić information content (AvgIpc) is 3.50. The number of amides is 1. The molecule has 0 aromatic heterocycles. The molecule has 0 aliphatic heterocycles. The third kappa shape index (κ3) is 9.91. The zero-order valence-electron chi connectivity index (χ0n) is 29.8. The van der Waals surface area contributed by atoms with Gasteiger partial charge in [-0.25, -0.2) is 9.59 Å². The van der Waals surface area contributed by atoms with Gasteiger partial charge in [-0.15, -0.1) is 5.26 Å². The minimum atomic E-state index is -0.520. The second-order valence-corrected chi connectivity index (χ2v) is 13.8. The predicted molar refractivity (Wildman–Crippen MR) is 218 cm³/mol. The molecular formula is C41H40N6O5S2. The average molecular weight is 761 g/mol. The van der Waals surface area contributed by atoms with Crippen LogP contribution in [0.25, 0.3) is 11.1 Å². The number of nitrogens with one attached hydrogen (secondary N) is 5. The second kappa shape index (κ2) is 17.7. The second-order valence-electron chi connectivity index (χ2n) is 13.0. The number of esters is 1. The molecule has 0 saturated carbocycles. The van der Waals surface area contributed by atoms with Gasteiger partial charge in [-0.2, -0.15) is 0 Å². The van der Waals surface area contributed by atoms with E-state index in [2.05, 4.69) is 57.4 Å². The molecule has 13 heteroatoms. The monoisotopic (exact) mass is 760 g/mol. The molecule has 0 bridgehead atoms. The maximum absolute atomic E-state index is 12.5. The molecule has 0 atom stereocenters. The van der Waals surface area contributed by atoms with Crippen LogP contribution >= 0.6 is 24.4 Å². The van der Waals surface area contributed by atoms with E-state index in [0.717, 1.165) is 35.3 Å². The number of thiocarbonyl (C=S) groups is 2. The van der Waals surface area contributed by atoms with Crippen LogP contribution in [0, 0.1) is 11.5 Å². The molecule has 0 radical (unpaired) electrons. The number of carbonyl (C=O) groups excluding carboxylic acids is 2. The van der Waals surface area contributed by atoms with Gasteiger partial charge < -0.3 is 35.5 Å². The highest BCUT2D eigenvalue weighted by molar-refractivity contribution is 7.80. The van der Waals surface area contributed by atoms with Crippen molar-refractivity contribution in [3.63, 3.8) is 0 Å². The molecule has 0 saturated heterocycles. The summed E-state index contributed by atoms with van der Waals surface area (Å²) in [4.78, 5) is 24.0. The predicted octanol–water partition coefficient (Wildman–Crippen LogP) is 7.33. The van der Waals surface area contributed by atoms with Gasteiger partial charge in [-0.05, 0) is 157 Å². The Bertz CT molecular complexity index is 2160. The maximum Gasteiger partial charge on any atom is 0.411 e. The van der Waals surface area contributed by atoms with Crippen LogP contribution in [-0.2, 0) is 33.5 Å². The van der Waals surface area contributed by atoms with Crippen LogP contribution in [0.1, 0.15) is 53.1 Å². The fourth-order valence-electron chi connectivity index (χ4n) is 6.38. The number of nitrogens with zero attached hydrogens (tertiary/aromatic N) is 1. The van der Waals surface area contributed by atoms with Crippen LogP contribution < -0.4 is 31.3 Å². The SMILES string of the molecule is C=C(C)C(=O)OCCCNC(=S)Nc1ccc2c(c1)Cc1cc(NC(=S)NCCCOC(=O)Nc3ccc4c(c3)Cc3cc(OC#N)ccc3C4)ccc1-2. The van der Waals surface area contributed by atoms with Crippen molar-refractivity contribution in [2.75, 3.05) is 42.3 Å². The van der Waals surface area contributed by atoms with E-state index in [1.54, 1.807) is 19.2 Å². The van der Waals surface area contributed by atoms with Crippen molar-refractivity contribution in [3.8, 4) is 23.1 Å².